The zero-order valence-electron chi connectivity index (χ0n) is 11.8. The number of aliphatic carboxylic acids is 1. The summed E-state index contributed by atoms with van der Waals surface area (Å²) in [6.07, 6.45) is 5.81. The van der Waals surface area contributed by atoms with Gasteiger partial charge in [-0.3, -0.25) is 9.69 Å². The van der Waals surface area contributed by atoms with Gasteiger partial charge in [0, 0.05) is 21.8 Å². The Balaban J connectivity index is 2.13. The molecule has 1 aromatic heterocycles. The number of nitrogens with zero attached hydrogens (tertiary/aromatic N) is 1. The molecule has 0 saturated heterocycles. The maximum Gasteiger partial charge on any atom is 0.317 e. The summed E-state index contributed by atoms with van der Waals surface area (Å²) in [6, 6.07) is 4.99. The van der Waals surface area contributed by atoms with Crippen molar-refractivity contribution in [2.75, 3.05) is 6.54 Å². The lowest BCUT2D eigenvalue weighted by Crippen LogP contribution is -2.39. The first-order valence-electron chi connectivity index (χ1n) is 7.18. The average molecular weight is 281 g/mol. The zero-order valence-corrected chi connectivity index (χ0v) is 12.6. The van der Waals surface area contributed by atoms with Crippen molar-refractivity contribution in [1.29, 1.82) is 0 Å². The highest BCUT2D eigenvalue weighted by molar-refractivity contribution is 7.12. The second kappa shape index (κ2) is 6.53. The van der Waals surface area contributed by atoms with Crippen molar-refractivity contribution in [2.45, 2.75) is 58.0 Å². The maximum atomic E-state index is 11.1. The molecule has 1 unspecified atom stereocenters. The molecular formula is C15H23NO2S. The number of carboxylic acids is 1. The van der Waals surface area contributed by atoms with Crippen LogP contribution in [-0.2, 0) is 11.2 Å². The van der Waals surface area contributed by atoms with Crippen LogP contribution in [0.2, 0.25) is 0 Å². The van der Waals surface area contributed by atoms with E-state index in [2.05, 4.69) is 30.9 Å². The fourth-order valence-corrected chi connectivity index (χ4v) is 3.97. The summed E-state index contributed by atoms with van der Waals surface area (Å²) in [5.74, 6) is -0.717. The molecule has 0 aromatic carbocycles. The number of hydrogen-bond acceptors (Lipinski definition) is 3. The van der Waals surface area contributed by atoms with E-state index in [0.717, 1.165) is 19.3 Å². The molecule has 3 nitrogen and oxygen atoms in total. The smallest absolute Gasteiger partial charge is 0.317 e. The van der Waals surface area contributed by atoms with E-state index >= 15 is 0 Å². The van der Waals surface area contributed by atoms with Gasteiger partial charge in [0.05, 0.1) is 6.54 Å². The van der Waals surface area contributed by atoms with Crippen LogP contribution in [0.5, 0.6) is 0 Å². The third-order valence-electron chi connectivity index (χ3n) is 4.05. The van der Waals surface area contributed by atoms with Gasteiger partial charge in [-0.2, -0.15) is 0 Å². The second-order valence-electron chi connectivity index (χ2n) is 5.34. The Bertz CT molecular complexity index is 424. The first-order valence-corrected chi connectivity index (χ1v) is 7.99. The van der Waals surface area contributed by atoms with Crippen molar-refractivity contribution < 1.29 is 9.90 Å². The van der Waals surface area contributed by atoms with E-state index in [1.165, 1.54) is 22.6 Å². The van der Waals surface area contributed by atoms with Gasteiger partial charge in [-0.1, -0.05) is 19.8 Å². The fourth-order valence-electron chi connectivity index (χ4n) is 2.95. The predicted molar refractivity (Wildman–Crippen MR) is 78.7 cm³/mol. The normalized spacial score (nSPS) is 18.1. The average Bonchev–Trinajstić information content (AvgIpc) is 3.05. The molecule has 0 radical (unpaired) electrons. The van der Waals surface area contributed by atoms with E-state index < -0.39 is 5.97 Å². The van der Waals surface area contributed by atoms with Gasteiger partial charge in [-0.15, -0.1) is 11.3 Å². The van der Waals surface area contributed by atoms with E-state index in [9.17, 15) is 4.79 Å². The summed E-state index contributed by atoms with van der Waals surface area (Å²) < 4.78 is 0. The number of aryl methyl sites for hydroxylation is 1. The van der Waals surface area contributed by atoms with Gasteiger partial charge in [0.2, 0.25) is 0 Å². The van der Waals surface area contributed by atoms with Crippen molar-refractivity contribution in [3.63, 3.8) is 0 Å². The van der Waals surface area contributed by atoms with Gasteiger partial charge in [-0.25, -0.2) is 0 Å². The van der Waals surface area contributed by atoms with Crippen molar-refractivity contribution in [2.24, 2.45) is 0 Å². The Morgan fingerprint density at radius 3 is 2.68 bits per heavy atom. The summed E-state index contributed by atoms with van der Waals surface area (Å²) in [5.41, 5.74) is 0. The van der Waals surface area contributed by atoms with Gasteiger partial charge < -0.3 is 5.11 Å². The standard InChI is InChI=1S/C15H23NO2S/c1-3-13-8-9-14(19-13)11(2)16(10-15(17)18)12-6-4-5-7-12/h8-9,11-12H,3-7,10H2,1-2H3,(H,17,18). The fraction of sp³-hybridized carbons (Fsp3) is 0.667. The number of hydrogen-bond donors (Lipinski definition) is 1. The Morgan fingerprint density at radius 1 is 1.47 bits per heavy atom. The van der Waals surface area contributed by atoms with Gasteiger partial charge in [0.25, 0.3) is 0 Å². The van der Waals surface area contributed by atoms with Crippen LogP contribution in [0.4, 0.5) is 0 Å². The number of carboxylic acid groups (broad SMARTS) is 1. The molecule has 1 heterocycles. The molecule has 0 bridgehead atoms. The number of rotatable bonds is 6. The minimum Gasteiger partial charge on any atom is -0.480 e. The van der Waals surface area contributed by atoms with Crippen LogP contribution in [0.3, 0.4) is 0 Å². The molecule has 1 N–H and O–H groups in total. The molecule has 19 heavy (non-hydrogen) atoms. The van der Waals surface area contributed by atoms with Crippen molar-refractivity contribution in [1.82, 2.24) is 4.90 Å². The number of thiophene rings is 1. The molecule has 1 saturated carbocycles. The Morgan fingerprint density at radius 2 is 2.16 bits per heavy atom. The largest absolute Gasteiger partial charge is 0.480 e. The summed E-state index contributed by atoms with van der Waals surface area (Å²) in [4.78, 5) is 16.0. The van der Waals surface area contributed by atoms with Gasteiger partial charge >= 0.3 is 5.97 Å². The Hall–Kier alpha value is -0.870. The minimum atomic E-state index is -0.717. The van der Waals surface area contributed by atoms with Crippen LogP contribution in [0.15, 0.2) is 12.1 Å². The monoisotopic (exact) mass is 281 g/mol. The summed E-state index contributed by atoms with van der Waals surface area (Å²) >= 11 is 1.82. The lowest BCUT2D eigenvalue weighted by molar-refractivity contribution is -0.139. The third kappa shape index (κ3) is 3.57. The predicted octanol–water partition coefficient (Wildman–Crippen LogP) is 3.70. The molecule has 1 aromatic rings. The molecule has 106 valence electrons. The molecule has 4 heteroatoms. The van der Waals surface area contributed by atoms with E-state index in [1.807, 2.05) is 11.3 Å². The first kappa shape index (κ1) is 14.5. The first-order chi connectivity index (χ1) is 9.11. The molecular weight excluding hydrogens is 258 g/mol. The Labute approximate surface area is 119 Å². The third-order valence-corrected chi connectivity index (χ3v) is 5.45. The summed E-state index contributed by atoms with van der Waals surface area (Å²) in [5, 5.41) is 9.15. The lowest BCUT2D eigenvalue weighted by atomic mass is 10.1. The van der Waals surface area contributed by atoms with Crippen molar-refractivity contribution in [3.8, 4) is 0 Å². The van der Waals surface area contributed by atoms with Crippen LogP contribution >= 0.6 is 11.3 Å². The quantitative estimate of drug-likeness (QED) is 0.864. The van der Waals surface area contributed by atoms with Crippen LogP contribution in [0.25, 0.3) is 0 Å². The van der Waals surface area contributed by atoms with E-state index in [4.69, 9.17) is 5.11 Å². The number of carbonyl (C=O) groups is 1. The van der Waals surface area contributed by atoms with Gasteiger partial charge in [-0.05, 0) is 38.3 Å². The van der Waals surface area contributed by atoms with Crippen molar-refractivity contribution >= 4 is 17.3 Å². The van der Waals surface area contributed by atoms with Crippen LogP contribution in [-0.4, -0.2) is 28.6 Å². The zero-order chi connectivity index (χ0) is 13.8. The topological polar surface area (TPSA) is 40.5 Å². The van der Waals surface area contributed by atoms with Crippen LogP contribution in [0, 0.1) is 0 Å². The highest BCUT2D eigenvalue weighted by Crippen LogP contribution is 2.33. The molecule has 0 spiro atoms. The van der Waals surface area contributed by atoms with E-state index in [1.54, 1.807) is 0 Å². The molecule has 1 aliphatic rings. The molecule has 0 amide bonds. The molecule has 1 fully saturated rings. The summed E-state index contributed by atoms with van der Waals surface area (Å²) in [6.45, 7) is 4.46. The molecule has 2 rings (SSSR count). The molecule has 1 aliphatic carbocycles. The van der Waals surface area contributed by atoms with E-state index in [0.29, 0.717) is 6.04 Å². The second-order valence-corrected chi connectivity index (χ2v) is 6.54. The van der Waals surface area contributed by atoms with Gasteiger partial charge in [0.15, 0.2) is 0 Å². The SMILES string of the molecule is CCc1ccc(C(C)N(CC(=O)O)C2CCCC2)s1. The minimum absolute atomic E-state index is 0.158. The van der Waals surface area contributed by atoms with E-state index in [-0.39, 0.29) is 12.6 Å². The van der Waals surface area contributed by atoms with Crippen LogP contribution in [0.1, 0.15) is 55.3 Å². The van der Waals surface area contributed by atoms with Crippen LogP contribution < -0.4 is 0 Å². The summed E-state index contributed by atoms with van der Waals surface area (Å²) in [7, 11) is 0. The van der Waals surface area contributed by atoms with Gasteiger partial charge in [0.1, 0.15) is 0 Å². The highest BCUT2D eigenvalue weighted by atomic mass is 32.1. The highest BCUT2D eigenvalue weighted by Gasteiger charge is 2.29. The Kier molecular flexibility index (Phi) is 4.99. The van der Waals surface area contributed by atoms with Crippen molar-refractivity contribution in [3.05, 3.63) is 21.9 Å². The molecule has 1 atom stereocenters. The lowest BCUT2D eigenvalue weighted by Gasteiger charge is -2.32. The molecule has 0 aliphatic heterocycles. The maximum absolute atomic E-state index is 11.1.